The van der Waals surface area contributed by atoms with Crippen LogP contribution in [0.3, 0.4) is 0 Å². The molecule has 0 saturated carbocycles. The number of pyridine rings is 1. The zero-order valence-electron chi connectivity index (χ0n) is 14.0. The molecule has 2 aromatic heterocycles. The number of nitrogens with one attached hydrogen (secondary N) is 1. The largest absolute Gasteiger partial charge is 0.394 e. The number of nitrogens with zero attached hydrogens (tertiary/aromatic N) is 3. The molecule has 25 heavy (non-hydrogen) atoms. The maximum Gasteiger partial charge on any atom is 0.268 e. The second-order valence-corrected chi connectivity index (χ2v) is 5.66. The number of rotatable bonds is 6. The van der Waals surface area contributed by atoms with Crippen molar-refractivity contribution in [2.45, 2.75) is 13.5 Å². The van der Waals surface area contributed by atoms with Crippen LogP contribution in [0.1, 0.15) is 16.7 Å². The van der Waals surface area contributed by atoms with Crippen molar-refractivity contribution in [2.24, 2.45) is 4.99 Å². The highest BCUT2D eigenvalue weighted by atomic mass is 16.3. The Morgan fingerprint density at radius 3 is 2.80 bits per heavy atom. The molecule has 3 rings (SSSR count). The topological polar surface area (TPSA) is 79.0 Å². The minimum Gasteiger partial charge on any atom is -0.394 e. The van der Waals surface area contributed by atoms with Crippen molar-refractivity contribution >= 4 is 17.7 Å². The van der Waals surface area contributed by atoms with E-state index in [-0.39, 0.29) is 18.7 Å². The number of fused-ring (bicyclic) bond motifs is 1. The summed E-state index contributed by atoms with van der Waals surface area (Å²) >= 11 is 0. The van der Waals surface area contributed by atoms with E-state index in [1.54, 1.807) is 6.20 Å². The Morgan fingerprint density at radius 1 is 1.24 bits per heavy atom. The minimum absolute atomic E-state index is 0.0648. The molecule has 0 radical (unpaired) electrons. The van der Waals surface area contributed by atoms with Crippen LogP contribution in [0, 0.1) is 6.92 Å². The maximum absolute atomic E-state index is 12.8. The minimum atomic E-state index is -0.189. The van der Waals surface area contributed by atoms with E-state index in [4.69, 9.17) is 5.11 Å². The molecule has 2 N–H and O–H groups in total. The van der Waals surface area contributed by atoms with Crippen molar-refractivity contribution in [1.29, 1.82) is 0 Å². The number of benzene rings is 1. The molecule has 0 bridgehead atoms. The molecule has 6 heteroatoms. The van der Waals surface area contributed by atoms with E-state index >= 15 is 0 Å². The summed E-state index contributed by atoms with van der Waals surface area (Å²) in [5.74, 6) is 0.491. The standard InChI is InChI=1S/C19H20N4O2/c1-14-6-5-10-23-18(14)22-17(16(19(23)25)13-20-9-11-24)21-12-15-7-3-2-4-8-15/h2-8,10,13,21,24H,9,11-12H2,1H3. The fourth-order valence-electron chi connectivity index (χ4n) is 2.56. The number of aryl methyl sites for hydroxylation is 1. The molecule has 0 atom stereocenters. The van der Waals surface area contributed by atoms with Gasteiger partial charge in [0.2, 0.25) is 0 Å². The van der Waals surface area contributed by atoms with E-state index in [0.29, 0.717) is 23.6 Å². The molecular weight excluding hydrogens is 316 g/mol. The molecule has 6 nitrogen and oxygen atoms in total. The monoisotopic (exact) mass is 336 g/mol. The Labute approximate surface area is 145 Å². The van der Waals surface area contributed by atoms with Crippen molar-refractivity contribution in [3.63, 3.8) is 0 Å². The van der Waals surface area contributed by atoms with Gasteiger partial charge >= 0.3 is 0 Å². The quantitative estimate of drug-likeness (QED) is 0.675. The zero-order valence-corrected chi connectivity index (χ0v) is 14.0. The van der Waals surface area contributed by atoms with Crippen LogP contribution in [0.15, 0.2) is 58.4 Å². The molecule has 0 aliphatic heterocycles. The number of aliphatic hydroxyl groups excluding tert-OH is 1. The van der Waals surface area contributed by atoms with Gasteiger partial charge in [-0.1, -0.05) is 36.4 Å². The lowest BCUT2D eigenvalue weighted by atomic mass is 10.2. The number of anilines is 1. The summed E-state index contributed by atoms with van der Waals surface area (Å²) in [5.41, 5.74) is 2.81. The molecule has 1 aromatic carbocycles. The Kier molecular flexibility index (Phi) is 5.20. The third kappa shape index (κ3) is 3.75. The Bertz CT molecular complexity index is 949. The van der Waals surface area contributed by atoms with Crippen molar-refractivity contribution in [3.05, 3.63) is 75.7 Å². The van der Waals surface area contributed by atoms with Crippen LogP contribution in [-0.4, -0.2) is 33.9 Å². The normalized spacial score (nSPS) is 11.3. The van der Waals surface area contributed by atoms with Gasteiger partial charge < -0.3 is 10.4 Å². The lowest BCUT2D eigenvalue weighted by molar-refractivity contribution is 0.307. The SMILES string of the molecule is Cc1cccn2c(=O)c(C=NCCO)c(NCc3ccccc3)nc12. The van der Waals surface area contributed by atoms with Gasteiger partial charge in [0.05, 0.1) is 13.2 Å². The molecule has 0 saturated heterocycles. The molecule has 3 aromatic rings. The number of aromatic nitrogens is 2. The molecule has 0 spiro atoms. The first-order valence-corrected chi connectivity index (χ1v) is 8.11. The van der Waals surface area contributed by atoms with Gasteiger partial charge in [-0.05, 0) is 24.1 Å². The number of aliphatic imine (C=N–C) groups is 1. The predicted molar refractivity (Wildman–Crippen MR) is 99.5 cm³/mol. The summed E-state index contributed by atoms with van der Waals surface area (Å²) in [6.45, 7) is 2.65. The highest BCUT2D eigenvalue weighted by Gasteiger charge is 2.12. The van der Waals surface area contributed by atoms with E-state index < -0.39 is 0 Å². The maximum atomic E-state index is 12.8. The first-order chi connectivity index (χ1) is 12.2. The highest BCUT2D eigenvalue weighted by Crippen LogP contribution is 2.13. The molecule has 0 amide bonds. The van der Waals surface area contributed by atoms with Gasteiger partial charge in [0.25, 0.3) is 5.56 Å². The van der Waals surface area contributed by atoms with Gasteiger partial charge in [-0.15, -0.1) is 0 Å². The summed E-state index contributed by atoms with van der Waals surface area (Å²) in [5, 5.41) is 12.2. The second kappa shape index (κ2) is 7.72. The van der Waals surface area contributed by atoms with Crippen LogP contribution < -0.4 is 10.9 Å². The van der Waals surface area contributed by atoms with Crippen molar-refractivity contribution in [2.75, 3.05) is 18.5 Å². The molecule has 0 aliphatic rings. The lowest BCUT2D eigenvalue weighted by Gasteiger charge is -2.11. The average Bonchev–Trinajstić information content (AvgIpc) is 2.64. The van der Waals surface area contributed by atoms with Gasteiger partial charge in [-0.3, -0.25) is 14.2 Å². The summed E-state index contributed by atoms with van der Waals surface area (Å²) in [4.78, 5) is 21.6. The van der Waals surface area contributed by atoms with Crippen LogP contribution in [-0.2, 0) is 6.54 Å². The van der Waals surface area contributed by atoms with Crippen molar-refractivity contribution in [1.82, 2.24) is 9.38 Å². The van der Waals surface area contributed by atoms with Crippen LogP contribution in [0.2, 0.25) is 0 Å². The number of hydrogen-bond acceptors (Lipinski definition) is 5. The van der Waals surface area contributed by atoms with Gasteiger partial charge in [0, 0.05) is 19.0 Å². The van der Waals surface area contributed by atoms with Gasteiger partial charge in [0.15, 0.2) is 0 Å². The van der Waals surface area contributed by atoms with Gasteiger partial charge in [-0.2, -0.15) is 0 Å². The van der Waals surface area contributed by atoms with E-state index in [1.165, 1.54) is 10.6 Å². The first kappa shape index (κ1) is 16.9. The predicted octanol–water partition coefficient (Wildman–Crippen LogP) is 2.03. The Hall–Kier alpha value is -2.99. The summed E-state index contributed by atoms with van der Waals surface area (Å²) in [6, 6.07) is 13.6. The van der Waals surface area contributed by atoms with Crippen molar-refractivity contribution < 1.29 is 5.11 Å². The van der Waals surface area contributed by atoms with E-state index in [1.807, 2.05) is 49.4 Å². The van der Waals surface area contributed by atoms with Crippen LogP contribution >= 0.6 is 0 Å². The third-order valence-corrected chi connectivity index (χ3v) is 3.84. The highest BCUT2D eigenvalue weighted by molar-refractivity contribution is 5.86. The molecule has 0 unspecified atom stereocenters. The molecule has 0 fully saturated rings. The zero-order chi connectivity index (χ0) is 17.6. The number of aliphatic hydroxyl groups is 1. The first-order valence-electron chi connectivity index (χ1n) is 8.11. The summed E-state index contributed by atoms with van der Waals surface area (Å²) < 4.78 is 1.52. The molecule has 0 aliphatic carbocycles. The van der Waals surface area contributed by atoms with Gasteiger partial charge in [-0.25, -0.2) is 4.98 Å². The van der Waals surface area contributed by atoms with Crippen LogP contribution in [0.5, 0.6) is 0 Å². The van der Waals surface area contributed by atoms with Crippen LogP contribution in [0.4, 0.5) is 5.82 Å². The Morgan fingerprint density at radius 2 is 2.04 bits per heavy atom. The number of hydrogen-bond donors (Lipinski definition) is 2. The fourth-order valence-corrected chi connectivity index (χ4v) is 2.56. The van der Waals surface area contributed by atoms with Gasteiger partial charge in [0.1, 0.15) is 17.0 Å². The fraction of sp³-hybridized carbons (Fsp3) is 0.211. The second-order valence-electron chi connectivity index (χ2n) is 5.66. The third-order valence-electron chi connectivity index (χ3n) is 3.84. The van der Waals surface area contributed by atoms with E-state index in [2.05, 4.69) is 15.3 Å². The summed E-state index contributed by atoms with van der Waals surface area (Å²) in [6.07, 6.45) is 3.18. The molecular formula is C19H20N4O2. The lowest BCUT2D eigenvalue weighted by Crippen LogP contribution is -2.23. The summed E-state index contributed by atoms with van der Waals surface area (Å²) in [7, 11) is 0. The van der Waals surface area contributed by atoms with E-state index in [0.717, 1.165) is 11.1 Å². The Balaban J connectivity index is 2.05. The molecule has 128 valence electrons. The average molecular weight is 336 g/mol. The van der Waals surface area contributed by atoms with Crippen LogP contribution in [0.25, 0.3) is 5.65 Å². The van der Waals surface area contributed by atoms with E-state index in [9.17, 15) is 4.79 Å². The van der Waals surface area contributed by atoms with Crippen molar-refractivity contribution in [3.8, 4) is 0 Å². The smallest absolute Gasteiger partial charge is 0.268 e. The molecule has 2 heterocycles.